The third-order valence-electron chi connectivity index (χ3n) is 3.93. The maximum absolute atomic E-state index is 13.6. The lowest BCUT2D eigenvalue weighted by Crippen LogP contribution is -2.24. The molecule has 0 radical (unpaired) electrons. The number of fused-ring (bicyclic) bond motifs is 3. The summed E-state index contributed by atoms with van der Waals surface area (Å²) in [6.45, 7) is 5.06. The third-order valence-corrected chi connectivity index (χ3v) is 3.93. The molecule has 2 nitrogen and oxygen atoms in total. The van der Waals surface area contributed by atoms with Gasteiger partial charge in [-0.3, -0.25) is 0 Å². The van der Waals surface area contributed by atoms with E-state index in [0.717, 1.165) is 35.9 Å². The zero-order chi connectivity index (χ0) is 12.7. The lowest BCUT2D eigenvalue weighted by molar-refractivity contribution is 0.465. The van der Waals surface area contributed by atoms with Gasteiger partial charge < -0.3 is 10.3 Å². The van der Waals surface area contributed by atoms with Crippen LogP contribution in [0.1, 0.15) is 42.6 Å². The van der Waals surface area contributed by atoms with Crippen molar-refractivity contribution in [2.45, 2.75) is 39.2 Å². The topological polar surface area (TPSA) is 27.8 Å². The Morgan fingerprint density at radius 3 is 3.06 bits per heavy atom. The van der Waals surface area contributed by atoms with Crippen LogP contribution in [-0.4, -0.2) is 11.5 Å². The highest BCUT2D eigenvalue weighted by molar-refractivity contribution is 5.87. The number of halogens is 1. The Labute approximate surface area is 107 Å². The molecule has 0 bridgehead atoms. The van der Waals surface area contributed by atoms with Crippen molar-refractivity contribution in [1.82, 2.24) is 10.3 Å². The molecule has 0 spiro atoms. The summed E-state index contributed by atoms with van der Waals surface area (Å²) in [5.41, 5.74) is 4.68. The van der Waals surface area contributed by atoms with Gasteiger partial charge >= 0.3 is 0 Å². The van der Waals surface area contributed by atoms with Crippen molar-refractivity contribution in [1.29, 1.82) is 0 Å². The number of benzene rings is 1. The summed E-state index contributed by atoms with van der Waals surface area (Å²) in [6.07, 6.45) is 3.39. The van der Waals surface area contributed by atoms with E-state index in [-0.39, 0.29) is 5.82 Å². The van der Waals surface area contributed by atoms with Crippen LogP contribution in [0.15, 0.2) is 12.1 Å². The molecule has 1 heterocycles. The molecule has 0 amide bonds. The van der Waals surface area contributed by atoms with E-state index in [0.29, 0.717) is 6.04 Å². The number of aryl methyl sites for hydroxylation is 2. The van der Waals surface area contributed by atoms with Crippen LogP contribution in [0.5, 0.6) is 0 Å². The molecule has 1 aromatic carbocycles. The van der Waals surface area contributed by atoms with E-state index in [1.165, 1.54) is 17.7 Å². The van der Waals surface area contributed by atoms with Crippen LogP contribution in [0, 0.1) is 12.7 Å². The number of rotatable bonds is 2. The van der Waals surface area contributed by atoms with Crippen molar-refractivity contribution < 1.29 is 4.39 Å². The Balaban J connectivity index is 2.20. The highest BCUT2D eigenvalue weighted by Crippen LogP contribution is 2.35. The molecule has 2 N–H and O–H groups in total. The maximum Gasteiger partial charge on any atom is 0.124 e. The van der Waals surface area contributed by atoms with Crippen LogP contribution < -0.4 is 5.32 Å². The van der Waals surface area contributed by atoms with Crippen LogP contribution in [0.2, 0.25) is 0 Å². The van der Waals surface area contributed by atoms with E-state index in [9.17, 15) is 4.39 Å². The molecule has 0 fully saturated rings. The van der Waals surface area contributed by atoms with Crippen molar-refractivity contribution in [3.05, 3.63) is 34.8 Å². The van der Waals surface area contributed by atoms with Gasteiger partial charge in [-0.15, -0.1) is 0 Å². The molecule has 1 aliphatic rings. The van der Waals surface area contributed by atoms with Crippen LogP contribution in [0.25, 0.3) is 10.9 Å². The minimum absolute atomic E-state index is 0.132. The fourth-order valence-corrected chi connectivity index (χ4v) is 3.15. The van der Waals surface area contributed by atoms with E-state index in [4.69, 9.17) is 0 Å². The average molecular weight is 246 g/mol. The minimum atomic E-state index is -0.132. The largest absolute Gasteiger partial charge is 0.357 e. The molecule has 3 rings (SSSR count). The van der Waals surface area contributed by atoms with Gasteiger partial charge in [0.2, 0.25) is 0 Å². The van der Waals surface area contributed by atoms with E-state index in [2.05, 4.69) is 17.2 Å². The Morgan fingerprint density at radius 1 is 1.44 bits per heavy atom. The highest BCUT2D eigenvalue weighted by Gasteiger charge is 2.24. The van der Waals surface area contributed by atoms with Crippen molar-refractivity contribution in [2.75, 3.05) is 6.54 Å². The first-order valence-corrected chi connectivity index (χ1v) is 6.74. The molecule has 0 saturated heterocycles. The lowest BCUT2D eigenvalue weighted by Gasteiger charge is -2.23. The summed E-state index contributed by atoms with van der Waals surface area (Å²) in [5.74, 6) is -0.132. The second kappa shape index (κ2) is 4.39. The summed E-state index contributed by atoms with van der Waals surface area (Å²) in [4.78, 5) is 3.52. The van der Waals surface area contributed by atoms with E-state index >= 15 is 0 Å². The molecule has 1 aliphatic carbocycles. The molecule has 2 aromatic rings. The van der Waals surface area contributed by atoms with Crippen molar-refractivity contribution in [3.63, 3.8) is 0 Å². The summed E-state index contributed by atoms with van der Waals surface area (Å²) in [5, 5.41) is 4.58. The van der Waals surface area contributed by atoms with Gasteiger partial charge in [-0.25, -0.2) is 4.39 Å². The van der Waals surface area contributed by atoms with Crippen molar-refractivity contribution >= 4 is 10.9 Å². The van der Waals surface area contributed by atoms with Crippen molar-refractivity contribution in [3.8, 4) is 0 Å². The molecular weight excluding hydrogens is 227 g/mol. The average Bonchev–Trinajstić information content (AvgIpc) is 2.70. The monoisotopic (exact) mass is 246 g/mol. The molecular formula is C15H19FN2. The molecule has 1 aromatic heterocycles. The fraction of sp³-hybridized carbons (Fsp3) is 0.467. The molecule has 18 heavy (non-hydrogen) atoms. The second-order valence-electron chi connectivity index (χ2n) is 5.16. The molecule has 0 saturated carbocycles. The Bertz CT molecular complexity index is 586. The number of hydrogen-bond acceptors (Lipinski definition) is 1. The Kier molecular flexibility index (Phi) is 2.86. The van der Waals surface area contributed by atoms with Crippen LogP contribution in [0.4, 0.5) is 4.39 Å². The summed E-state index contributed by atoms with van der Waals surface area (Å²) < 4.78 is 13.6. The van der Waals surface area contributed by atoms with Gasteiger partial charge in [-0.1, -0.05) is 6.92 Å². The predicted octanol–water partition coefficient (Wildman–Crippen LogP) is 3.60. The van der Waals surface area contributed by atoms with Gasteiger partial charge in [-0.05, 0) is 56.0 Å². The van der Waals surface area contributed by atoms with E-state index in [1.54, 1.807) is 12.1 Å². The molecule has 96 valence electrons. The predicted molar refractivity (Wildman–Crippen MR) is 72.3 cm³/mol. The number of aromatic amines is 1. The molecule has 1 atom stereocenters. The Hall–Kier alpha value is -1.35. The number of aromatic nitrogens is 1. The van der Waals surface area contributed by atoms with Gasteiger partial charge in [0.25, 0.3) is 0 Å². The quantitative estimate of drug-likeness (QED) is 0.832. The standard InChI is InChI=1S/C15H19FN2/c1-3-17-13-6-4-5-11-12-8-10(16)7-9(2)14(12)18-15(11)13/h7-8,13,17-18H,3-6H2,1-2H3. The van der Waals surface area contributed by atoms with Crippen molar-refractivity contribution in [2.24, 2.45) is 0 Å². The van der Waals surface area contributed by atoms with Crippen LogP contribution in [-0.2, 0) is 6.42 Å². The zero-order valence-electron chi connectivity index (χ0n) is 10.9. The lowest BCUT2D eigenvalue weighted by atomic mass is 9.91. The summed E-state index contributed by atoms with van der Waals surface area (Å²) in [6, 6.07) is 3.67. The zero-order valence-corrected chi connectivity index (χ0v) is 10.9. The smallest absolute Gasteiger partial charge is 0.124 e. The third kappa shape index (κ3) is 1.74. The molecule has 0 aliphatic heterocycles. The first-order valence-electron chi connectivity index (χ1n) is 6.74. The molecule has 1 unspecified atom stereocenters. The van der Waals surface area contributed by atoms with Gasteiger partial charge in [0, 0.05) is 22.6 Å². The van der Waals surface area contributed by atoms with Crippen LogP contribution in [0.3, 0.4) is 0 Å². The van der Waals surface area contributed by atoms with Gasteiger partial charge in [-0.2, -0.15) is 0 Å². The van der Waals surface area contributed by atoms with Gasteiger partial charge in [0.05, 0.1) is 0 Å². The highest BCUT2D eigenvalue weighted by atomic mass is 19.1. The number of hydrogen-bond donors (Lipinski definition) is 2. The molecule has 3 heteroatoms. The maximum atomic E-state index is 13.6. The van der Waals surface area contributed by atoms with E-state index < -0.39 is 0 Å². The van der Waals surface area contributed by atoms with Gasteiger partial charge in [0.15, 0.2) is 0 Å². The fourth-order valence-electron chi connectivity index (χ4n) is 3.15. The first kappa shape index (κ1) is 11.7. The Morgan fingerprint density at radius 2 is 2.28 bits per heavy atom. The number of nitrogens with one attached hydrogen (secondary N) is 2. The number of H-pyrrole nitrogens is 1. The normalized spacial score (nSPS) is 19.2. The minimum Gasteiger partial charge on any atom is -0.357 e. The summed E-state index contributed by atoms with van der Waals surface area (Å²) >= 11 is 0. The van der Waals surface area contributed by atoms with Gasteiger partial charge in [0.1, 0.15) is 5.82 Å². The van der Waals surface area contributed by atoms with Crippen LogP contribution >= 0.6 is 0 Å². The SMILES string of the molecule is CCNC1CCCc2c1[nH]c1c(C)cc(F)cc21. The second-order valence-corrected chi connectivity index (χ2v) is 5.16. The summed E-state index contributed by atoms with van der Waals surface area (Å²) in [7, 11) is 0. The van der Waals surface area contributed by atoms with E-state index in [1.807, 2.05) is 6.92 Å². The first-order chi connectivity index (χ1) is 8.70.